The fourth-order valence-corrected chi connectivity index (χ4v) is 1.49. The van der Waals surface area contributed by atoms with Gasteiger partial charge in [-0.1, -0.05) is 13.8 Å². The van der Waals surface area contributed by atoms with E-state index < -0.39 is 17.9 Å². The number of anilines is 1. The van der Waals surface area contributed by atoms with Crippen LogP contribution in [0, 0.1) is 5.92 Å². The molecule has 0 spiro atoms. The SMILES string of the molecule is CNc1ccnc(C(=O)NC(C(N)=O)C(C)C)c1. The molecule has 0 aliphatic heterocycles. The Morgan fingerprint density at radius 3 is 2.56 bits per heavy atom. The maximum Gasteiger partial charge on any atom is 0.270 e. The number of primary amides is 1. The molecule has 1 rings (SSSR count). The van der Waals surface area contributed by atoms with Crippen LogP contribution in [0.4, 0.5) is 5.69 Å². The molecule has 6 nitrogen and oxygen atoms in total. The minimum absolute atomic E-state index is 0.0704. The van der Waals surface area contributed by atoms with Crippen molar-refractivity contribution >= 4 is 17.5 Å². The molecule has 0 saturated heterocycles. The molecule has 1 aromatic heterocycles. The van der Waals surface area contributed by atoms with Gasteiger partial charge in [-0.25, -0.2) is 0 Å². The van der Waals surface area contributed by atoms with Crippen LogP contribution in [-0.4, -0.2) is 29.9 Å². The zero-order valence-electron chi connectivity index (χ0n) is 10.7. The molecule has 6 heteroatoms. The van der Waals surface area contributed by atoms with Gasteiger partial charge in [0, 0.05) is 18.9 Å². The molecule has 1 atom stereocenters. The van der Waals surface area contributed by atoms with Crippen molar-refractivity contribution in [1.29, 1.82) is 0 Å². The minimum atomic E-state index is -0.697. The van der Waals surface area contributed by atoms with E-state index in [4.69, 9.17) is 5.73 Å². The number of nitrogens with zero attached hydrogens (tertiary/aromatic N) is 1. The lowest BCUT2D eigenvalue weighted by atomic mass is 10.0. The van der Waals surface area contributed by atoms with Crippen molar-refractivity contribution in [2.75, 3.05) is 12.4 Å². The molecule has 1 unspecified atom stereocenters. The zero-order chi connectivity index (χ0) is 13.7. The Hall–Kier alpha value is -2.11. The van der Waals surface area contributed by atoms with Crippen LogP contribution in [-0.2, 0) is 4.79 Å². The van der Waals surface area contributed by atoms with Crippen molar-refractivity contribution in [3.05, 3.63) is 24.0 Å². The lowest BCUT2D eigenvalue weighted by molar-refractivity contribution is -0.120. The molecular weight excluding hydrogens is 232 g/mol. The third-order valence-electron chi connectivity index (χ3n) is 2.54. The standard InChI is InChI=1S/C12H18N4O2/c1-7(2)10(11(13)17)16-12(18)9-6-8(14-3)4-5-15-9/h4-7,10H,1-3H3,(H2,13,17)(H,14,15)(H,16,18). The van der Waals surface area contributed by atoms with Gasteiger partial charge in [0.15, 0.2) is 0 Å². The fraction of sp³-hybridized carbons (Fsp3) is 0.417. The summed E-state index contributed by atoms with van der Waals surface area (Å²) in [6.45, 7) is 3.63. The molecule has 0 fully saturated rings. The number of rotatable bonds is 5. The van der Waals surface area contributed by atoms with Crippen molar-refractivity contribution in [1.82, 2.24) is 10.3 Å². The molecule has 4 N–H and O–H groups in total. The molecule has 18 heavy (non-hydrogen) atoms. The van der Waals surface area contributed by atoms with Crippen LogP contribution in [0.2, 0.25) is 0 Å². The smallest absolute Gasteiger partial charge is 0.270 e. The number of nitrogens with two attached hydrogens (primary N) is 1. The summed E-state index contributed by atoms with van der Waals surface area (Å²) >= 11 is 0. The predicted molar refractivity (Wildman–Crippen MR) is 69.1 cm³/mol. The number of hydrogen-bond acceptors (Lipinski definition) is 4. The monoisotopic (exact) mass is 250 g/mol. The summed E-state index contributed by atoms with van der Waals surface area (Å²) in [7, 11) is 1.75. The Morgan fingerprint density at radius 2 is 2.06 bits per heavy atom. The van der Waals surface area contributed by atoms with E-state index in [2.05, 4.69) is 15.6 Å². The number of carbonyl (C=O) groups excluding carboxylic acids is 2. The predicted octanol–water partition coefficient (Wildman–Crippen LogP) is 0.363. The molecule has 0 aliphatic rings. The van der Waals surface area contributed by atoms with Crippen molar-refractivity contribution in [2.45, 2.75) is 19.9 Å². The Labute approximate surface area is 106 Å². The van der Waals surface area contributed by atoms with E-state index in [1.165, 1.54) is 6.20 Å². The number of nitrogens with one attached hydrogen (secondary N) is 2. The largest absolute Gasteiger partial charge is 0.388 e. The highest BCUT2D eigenvalue weighted by Crippen LogP contribution is 2.08. The van der Waals surface area contributed by atoms with E-state index in [9.17, 15) is 9.59 Å². The van der Waals surface area contributed by atoms with Crippen LogP contribution in [0.1, 0.15) is 24.3 Å². The summed E-state index contributed by atoms with van der Waals surface area (Å²) in [6.07, 6.45) is 1.52. The third kappa shape index (κ3) is 3.44. The zero-order valence-corrected chi connectivity index (χ0v) is 10.7. The lowest BCUT2D eigenvalue weighted by Gasteiger charge is -2.18. The second-order valence-corrected chi connectivity index (χ2v) is 4.28. The van der Waals surface area contributed by atoms with Crippen LogP contribution in [0.25, 0.3) is 0 Å². The summed E-state index contributed by atoms with van der Waals surface area (Å²) < 4.78 is 0. The molecule has 1 aromatic rings. The van der Waals surface area contributed by atoms with Gasteiger partial charge >= 0.3 is 0 Å². The number of pyridine rings is 1. The highest BCUT2D eigenvalue weighted by molar-refractivity contribution is 5.96. The van der Waals surface area contributed by atoms with E-state index in [1.54, 1.807) is 19.2 Å². The summed E-state index contributed by atoms with van der Waals surface area (Å²) in [5.41, 5.74) is 6.25. The van der Waals surface area contributed by atoms with Crippen molar-refractivity contribution in [3.8, 4) is 0 Å². The summed E-state index contributed by atoms with van der Waals surface area (Å²) in [5.74, 6) is -1.04. The number of aromatic nitrogens is 1. The molecule has 98 valence electrons. The third-order valence-corrected chi connectivity index (χ3v) is 2.54. The van der Waals surface area contributed by atoms with E-state index >= 15 is 0 Å². The van der Waals surface area contributed by atoms with Gasteiger partial charge in [-0.2, -0.15) is 0 Å². The first kappa shape index (κ1) is 14.0. The van der Waals surface area contributed by atoms with Gasteiger partial charge in [-0.05, 0) is 18.1 Å². The van der Waals surface area contributed by atoms with Gasteiger partial charge in [0.05, 0.1) is 0 Å². The fourth-order valence-electron chi connectivity index (χ4n) is 1.49. The Balaban J connectivity index is 2.83. The van der Waals surface area contributed by atoms with Gasteiger partial charge in [0.1, 0.15) is 11.7 Å². The topological polar surface area (TPSA) is 97.1 Å². The van der Waals surface area contributed by atoms with Crippen molar-refractivity contribution in [3.63, 3.8) is 0 Å². The summed E-state index contributed by atoms with van der Waals surface area (Å²) in [6, 6.07) is 2.65. The molecular formula is C12H18N4O2. The molecule has 2 amide bonds. The highest BCUT2D eigenvalue weighted by Gasteiger charge is 2.22. The van der Waals surface area contributed by atoms with Gasteiger partial charge in [-0.15, -0.1) is 0 Å². The molecule has 0 saturated carbocycles. The molecule has 0 aromatic carbocycles. The summed E-state index contributed by atoms with van der Waals surface area (Å²) in [5, 5.41) is 5.49. The molecule has 0 aliphatic carbocycles. The van der Waals surface area contributed by atoms with Crippen LogP contribution in [0.5, 0.6) is 0 Å². The lowest BCUT2D eigenvalue weighted by Crippen LogP contribution is -2.47. The van der Waals surface area contributed by atoms with Crippen LogP contribution < -0.4 is 16.4 Å². The maximum atomic E-state index is 11.9. The first-order valence-electron chi connectivity index (χ1n) is 5.69. The first-order valence-corrected chi connectivity index (χ1v) is 5.69. The minimum Gasteiger partial charge on any atom is -0.388 e. The Bertz CT molecular complexity index is 445. The van der Waals surface area contributed by atoms with Gasteiger partial charge in [0.25, 0.3) is 5.91 Å². The molecule has 0 radical (unpaired) electrons. The molecule has 0 bridgehead atoms. The van der Waals surface area contributed by atoms with E-state index in [0.29, 0.717) is 0 Å². The van der Waals surface area contributed by atoms with E-state index in [1.807, 2.05) is 13.8 Å². The average molecular weight is 250 g/mol. The maximum absolute atomic E-state index is 11.9. The Morgan fingerprint density at radius 1 is 1.39 bits per heavy atom. The molecule has 1 heterocycles. The first-order chi connectivity index (χ1) is 8.45. The van der Waals surface area contributed by atoms with Crippen LogP contribution in [0.15, 0.2) is 18.3 Å². The second-order valence-electron chi connectivity index (χ2n) is 4.28. The average Bonchev–Trinajstić information content (AvgIpc) is 2.34. The van der Waals surface area contributed by atoms with Gasteiger partial charge in [-0.3, -0.25) is 14.6 Å². The second kappa shape index (κ2) is 6.00. The number of hydrogen-bond donors (Lipinski definition) is 3. The van der Waals surface area contributed by atoms with E-state index in [-0.39, 0.29) is 11.6 Å². The number of carbonyl (C=O) groups is 2. The van der Waals surface area contributed by atoms with Gasteiger partial charge in [0.2, 0.25) is 5.91 Å². The van der Waals surface area contributed by atoms with Crippen molar-refractivity contribution in [2.24, 2.45) is 11.7 Å². The quantitative estimate of drug-likeness (QED) is 0.703. The van der Waals surface area contributed by atoms with Crippen LogP contribution in [0.3, 0.4) is 0 Å². The Kier molecular flexibility index (Phi) is 4.65. The van der Waals surface area contributed by atoms with Crippen LogP contribution >= 0.6 is 0 Å². The van der Waals surface area contributed by atoms with Gasteiger partial charge < -0.3 is 16.4 Å². The summed E-state index contributed by atoms with van der Waals surface area (Å²) in [4.78, 5) is 27.1. The number of amides is 2. The normalized spacial score (nSPS) is 12.0. The highest BCUT2D eigenvalue weighted by atomic mass is 16.2. The van der Waals surface area contributed by atoms with Crippen molar-refractivity contribution < 1.29 is 9.59 Å². The van der Waals surface area contributed by atoms with E-state index in [0.717, 1.165) is 5.69 Å².